The molecule has 0 saturated carbocycles. The van der Waals surface area contributed by atoms with Crippen LogP contribution >= 0.6 is 11.8 Å². The fourth-order valence-corrected chi connectivity index (χ4v) is 3.76. The van der Waals surface area contributed by atoms with E-state index < -0.39 is 29.1 Å². The van der Waals surface area contributed by atoms with Crippen molar-refractivity contribution in [3.63, 3.8) is 0 Å². The van der Waals surface area contributed by atoms with E-state index in [1.807, 2.05) is 0 Å². The Bertz CT molecular complexity index is 1420. The van der Waals surface area contributed by atoms with E-state index in [9.17, 15) is 23.2 Å². The number of anilines is 1. The summed E-state index contributed by atoms with van der Waals surface area (Å²) in [5.41, 5.74) is 0.470. The van der Waals surface area contributed by atoms with Gasteiger partial charge in [-0.2, -0.15) is 5.10 Å². The maximum atomic E-state index is 13.8. The Kier molecular flexibility index (Phi) is 6.18. The lowest BCUT2D eigenvalue weighted by molar-refractivity contribution is -0.113. The van der Waals surface area contributed by atoms with Crippen LogP contribution in [-0.2, 0) is 9.53 Å². The molecule has 0 saturated heterocycles. The molecule has 0 spiro atoms. The number of benzene rings is 2. The van der Waals surface area contributed by atoms with Crippen LogP contribution in [0.3, 0.4) is 0 Å². The summed E-state index contributed by atoms with van der Waals surface area (Å²) in [5.74, 6) is -3.25. The van der Waals surface area contributed by atoms with Crippen molar-refractivity contribution in [2.45, 2.75) is 5.16 Å². The van der Waals surface area contributed by atoms with Crippen molar-refractivity contribution in [2.24, 2.45) is 0 Å². The van der Waals surface area contributed by atoms with Crippen molar-refractivity contribution in [1.29, 1.82) is 0 Å². The van der Waals surface area contributed by atoms with Crippen molar-refractivity contribution < 1.29 is 23.1 Å². The SMILES string of the molecule is COC(=O)c1ccc(NC(=O)CSc2nc3[nH]ncc3c(=O)n2-c2ccc(F)c(F)c2)cc1. The molecule has 2 N–H and O–H groups in total. The lowest BCUT2D eigenvalue weighted by Gasteiger charge is -2.12. The maximum absolute atomic E-state index is 13.8. The van der Waals surface area contributed by atoms with Gasteiger partial charge in [0.2, 0.25) is 5.91 Å². The van der Waals surface area contributed by atoms with Crippen LogP contribution in [0.5, 0.6) is 0 Å². The molecule has 0 atom stereocenters. The van der Waals surface area contributed by atoms with Gasteiger partial charge in [0, 0.05) is 11.8 Å². The number of nitrogens with zero attached hydrogens (tertiary/aromatic N) is 3. The number of amides is 1. The fourth-order valence-electron chi connectivity index (χ4n) is 2.96. The van der Waals surface area contributed by atoms with Crippen molar-refractivity contribution in [3.8, 4) is 5.69 Å². The van der Waals surface area contributed by atoms with E-state index in [2.05, 4.69) is 25.2 Å². The normalized spacial score (nSPS) is 10.9. The summed E-state index contributed by atoms with van der Waals surface area (Å²) in [5, 5.41) is 9.27. The molecule has 9 nitrogen and oxygen atoms in total. The van der Waals surface area contributed by atoms with E-state index in [0.29, 0.717) is 11.3 Å². The number of thioether (sulfide) groups is 1. The molecule has 2 heterocycles. The number of carbonyl (C=O) groups excluding carboxylic acids is 2. The van der Waals surface area contributed by atoms with Gasteiger partial charge in [-0.1, -0.05) is 11.8 Å². The summed E-state index contributed by atoms with van der Waals surface area (Å²) in [6, 6.07) is 9.10. The number of nitrogens with one attached hydrogen (secondary N) is 2. The van der Waals surface area contributed by atoms with E-state index in [1.54, 1.807) is 12.1 Å². The highest BCUT2D eigenvalue weighted by molar-refractivity contribution is 7.99. The Morgan fingerprint density at radius 3 is 2.61 bits per heavy atom. The third-order valence-corrected chi connectivity index (χ3v) is 5.47. The third-order valence-electron chi connectivity index (χ3n) is 4.53. The van der Waals surface area contributed by atoms with E-state index in [-0.39, 0.29) is 27.6 Å². The third kappa shape index (κ3) is 4.60. The molecule has 0 aliphatic carbocycles. The molecule has 0 aliphatic rings. The first kappa shape index (κ1) is 22.1. The number of aromatic amines is 1. The van der Waals surface area contributed by atoms with Crippen LogP contribution < -0.4 is 10.9 Å². The predicted octanol–water partition coefficient (Wildman–Crippen LogP) is 2.90. The number of aromatic nitrogens is 4. The lowest BCUT2D eigenvalue weighted by atomic mass is 10.2. The Morgan fingerprint density at radius 2 is 1.91 bits per heavy atom. The number of halogens is 2. The number of carbonyl (C=O) groups is 2. The summed E-state index contributed by atoms with van der Waals surface area (Å²) in [6.07, 6.45) is 1.28. The lowest BCUT2D eigenvalue weighted by Crippen LogP contribution is -2.22. The second kappa shape index (κ2) is 9.20. The van der Waals surface area contributed by atoms with Gasteiger partial charge in [-0.25, -0.2) is 18.6 Å². The second-order valence-corrected chi connectivity index (χ2v) is 7.61. The van der Waals surface area contributed by atoms with Gasteiger partial charge >= 0.3 is 5.97 Å². The average Bonchev–Trinajstić information content (AvgIpc) is 3.29. The average molecular weight is 471 g/mol. The molecule has 2 aromatic carbocycles. The molecule has 168 valence electrons. The van der Waals surface area contributed by atoms with Gasteiger partial charge in [-0.05, 0) is 36.4 Å². The molecule has 0 aliphatic heterocycles. The van der Waals surface area contributed by atoms with Crippen LogP contribution in [0.2, 0.25) is 0 Å². The molecule has 33 heavy (non-hydrogen) atoms. The molecule has 12 heteroatoms. The molecule has 1 amide bonds. The summed E-state index contributed by atoms with van der Waals surface area (Å²) >= 11 is 0.925. The summed E-state index contributed by atoms with van der Waals surface area (Å²) in [6.45, 7) is 0. The van der Waals surface area contributed by atoms with Crippen molar-refractivity contribution in [2.75, 3.05) is 18.2 Å². The zero-order valence-corrected chi connectivity index (χ0v) is 17.8. The molecule has 0 fully saturated rings. The number of methoxy groups -OCH3 is 1. The van der Waals surface area contributed by atoms with Crippen LogP contribution in [0.4, 0.5) is 14.5 Å². The molecule has 2 aromatic heterocycles. The highest BCUT2D eigenvalue weighted by Crippen LogP contribution is 2.22. The van der Waals surface area contributed by atoms with Gasteiger partial charge in [0.15, 0.2) is 22.4 Å². The number of ether oxygens (including phenoxy) is 1. The number of fused-ring (bicyclic) bond motifs is 1. The highest BCUT2D eigenvalue weighted by atomic mass is 32.2. The zero-order chi connectivity index (χ0) is 23.5. The Hall–Kier alpha value is -4.06. The minimum Gasteiger partial charge on any atom is -0.465 e. The maximum Gasteiger partial charge on any atom is 0.337 e. The first-order valence-corrected chi connectivity index (χ1v) is 10.4. The Labute approximate surface area is 188 Å². The van der Waals surface area contributed by atoms with Crippen molar-refractivity contribution in [3.05, 3.63) is 76.2 Å². The van der Waals surface area contributed by atoms with Crippen molar-refractivity contribution >= 4 is 40.4 Å². The zero-order valence-electron chi connectivity index (χ0n) is 17.0. The fraction of sp³-hybridized carbons (Fsp3) is 0.0952. The molecular formula is C21H15F2N5O4S. The van der Waals surface area contributed by atoms with Gasteiger partial charge < -0.3 is 10.1 Å². The molecule has 4 aromatic rings. The van der Waals surface area contributed by atoms with Crippen LogP contribution in [0.25, 0.3) is 16.7 Å². The van der Waals surface area contributed by atoms with Gasteiger partial charge in [0.25, 0.3) is 5.56 Å². The topological polar surface area (TPSA) is 119 Å². The summed E-state index contributed by atoms with van der Waals surface area (Å²) in [4.78, 5) is 41.2. The number of hydrogen-bond acceptors (Lipinski definition) is 7. The smallest absolute Gasteiger partial charge is 0.337 e. The predicted molar refractivity (Wildman–Crippen MR) is 117 cm³/mol. The Morgan fingerprint density at radius 1 is 1.15 bits per heavy atom. The highest BCUT2D eigenvalue weighted by Gasteiger charge is 2.17. The van der Waals surface area contributed by atoms with Gasteiger partial charge in [-0.3, -0.25) is 19.3 Å². The number of H-pyrrole nitrogens is 1. The largest absolute Gasteiger partial charge is 0.465 e. The molecular weight excluding hydrogens is 456 g/mol. The first-order valence-electron chi connectivity index (χ1n) is 9.40. The van der Waals surface area contributed by atoms with E-state index in [1.165, 1.54) is 31.5 Å². The minimum absolute atomic E-state index is 0.0517. The van der Waals surface area contributed by atoms with E-state index in [0.717, 1.165) is 28.5 Å². The Balaban J connectivity index is 1.58. The number of rotatable bonds is 6. The van der Waals surface area contributed by atoms with Gasteiger partial charge in [0.1, 0.15) is 5.39 Å². The van der Waals surface area contributed by atoms with Crippen LogP contribution in [0.15, 0.2) is 58.6 Å². The van der Waals surface area contributed by atoms with Crippen LogP contribution in [0, 0.1) is 11.6 Å². The standard InChI is InChI=1S/C21H15F2N5O4S/c1-32-20(31)11-2-4-12(5-3-11)25-17(29)10-33-21-26-18-14(9-24-27-18)19(30)28(21)13-6-7-15(22)16(23)8-13/h2-9H,10H2,1H3,(H,24,27)(H,25,29). The quantitative estimate of drug-likeness (QED) is 0.252. The summed E-state index contributed by atoms with van der Waals surface area (Å²) in [7, 11) is 1.27. The molecule has 0 unspecified atom stereocenters. The molecule has 0 bridgehead atoms. The summed E-state index contributed by atoms with van der Waals surface area (Å²) < 4.78 is 32.9. The van der Waals surface area contributed by atoms with Crippen LogP contribution in [-0.4, -0.2) is 44.5 Å². The molecule has 4 rings (SSSR count). The number of esters is 1. The van der Waals surface area contributed by atoms with E-state index in [4.69, 9.17) is 0 Å². The van der Waals surface area contributed by atoms with Gasteiger partial charge in [0.05, 0.1) is 30.3 Å². The van der Waals surface area contributed by atoms with Gasteiger partial charge in [-0.15, -0.1) is 0 Å². The van der Waals surface area contributed by atoms with Crippen LogP contribution in [0.1, 0.15) is 10.4 Å². The molecule has 0 radical (unpaired) electrons. The second-order valence-electron chi connectivity index (χ2n) is 6.67. The minimum atomic E-state index is -1.13. The monoisotopic (exact) mass is 471 g/mol. The van der Waals surface area contributed by atoms with Crippen molar-refractivity contribution in [1.82, 2.24) is 19.7 Å². The first-order chi connectivity index (χ1) is 15.9. The number of hydrogen-bond donors (Lipinski definition) is 2. The van der Waals surface area contributed by atoms with E-state index >= 15 is 0 Å².